The number of hydrogen-bond donors (Lipinski definition) is 0. The van der Waals surface area contributed by atoms with Crippen LogP contribution in [0.15, 0.2) is 12.1 Å². The summed E-state index contributed by atoms with van der Waals surface area (Å²) >= 11 is 0. The lowest BCUT2D eigenvalue weighted by molar-refractivity contribution is -0.142. The van der Waals surface area contributed by atoms with Crippen LogP contribution in [-0.2, 0) is 16.0 Å². The van der Waals surface area contributed by atoms with Gasteiger partial charge in [0.2, 0.25) is 0 Å². The third-order valence-electron chi connectivity index (χ3n) is 2.50. The summed E-state index contributed by atoms with van der Waals surface area (Å²) in [6.07, 6.45) is -3.81. The van der Waals surface area contributed by atoms with Crippen molar-refractivity contribution in [1.29, 1.82) is 5.26 Å². The maximum atomic E-state index is 13.1. The van der Waals surface area contributed by atoms with E-state index in [0.29, 0.717) is 0 Å². The fraction of sp³-hybridized carbons (Fsp3) is 0.385. The first-order valence-electron chi connectivity index (χ1n) is 5.85. The van der Waals surface area contributed by atoms with Crippen LogP contribution < -0.4 is 4.74 Å². The average molecular weight is 305 g/mol. The summed E-state index contributed by atoms with van der Waals surface area (Å²) < 4.78 is 59.5. The molecular formula is C13H11F4NO3. The lowest BCUT2D eigenvalue weighted by Crippen LogP contribution is -2.14. The molecule has 0 heterocycles. The second-order valence-corrected chi connectivity index (χ2v) is 3.78. The van der Waals surface area contributed by atoms with Crippen molar-refractivity contribution in [2.75, 3.05) is 6.61 Å². The Morgan fingerprint density at radius 3 is 2.48 bits per heavy atom. The molecule has 21 heavy (non-hydrogen) atoms. The van der Waals surface area contributed by atoms with Crippen LogP contribution in [0.1, 0.15) is 30.0 Å². The van der Waals surface area contributed by atoms with E-state index in [4.69, 9.17) is 5.26 Å². The van der Waals surface area contributed by atoms with E-state index in [0.717, 1.165) is 12.1 Å². The largest absolute Gasteiger partial charge is 0.466 e. The molecule has 0 fully saturated rings. The van der Waals surface area contributed by atoms with Gasteiger partial charge in [0.25, 0.3) is 6.43 Å². The van der Waals surface area contributed by atoms with Crippen LogP contribution >= 0.6 is 0 Å². The first kappa shape index (κ1) is 16.8. The minimum atomic E-state index is -3.25. The van der Waals surface area contributed by atoms with Gasteiger partial charge in [-0.25, -0.2) is 8.78 Å². The number of esters is 1. The van der Waals surface area contributed by atoms with Crippen LogP contribution in [0.25, 0.3) is 0 Å². The number of alkyl halides is 4. The highest BCUT2D eigenvalue weighted by Crippen LogP contribution is 2.34. The molecule has 8 heteroatoms. The Kier molecular flexibility index (Phi) is 5.96. The fourth-order valence-corrected chi connectivity index (χ4v) is 1.74. The smallest absolute Gasteiger partial charge is 0.387 e. The minimum absolute atomic E-state index is 0.00578. The van der Waals surface area contributed by atoms with E-state index in [1.807, 2.05) is 0 Å². The van der Waals surface area contributed by atoms with Gasteiger partial charge >= 0.3 is 12.6 Å². The Hall–Kier alpha value is -2.30. The van der Waals surface area contributed by atoms with Crippen molar-refractivity contribution in [2.45, 2.75) is 26.4 Å². The molecular weight excluding hydrogens is 294 g/mol. The lowest BCUT2D eigenvalue weighted by Gasteiger charge is -2.15. The van der Waals surface area contributed by atoms with Gasteiger partial charge in [-0.05, 0) is 19.1 Å². The molecule has 0 bridgehead atoms. The van der Waals surface area contributed by atoms with Gasteiger partial charge in [0.15, 0.2) is 0 Å². The molecule has 0 aromatic heterocycles. The van der Waals surface area contributed by atoms with Crippen LogP contribution in [0.3, 0.4) is 0 Å². The molecule has 1 rings (SSSR count). The highest BCUT2D eigenvalue weighted by Gasteiger charge is 2.25. The van der Waals surface area contributed by atoms with Crippen LogP contribution in [-0.4, -0.2) is 19.2 Å². The predicted octanol–water partition coefficient (Wildman–Crippen LogP) is 3.20. The summed E-state index contributed by atoms with van der Waals surface area (Å²) in [5.74, 6) is -1.46. The van der Waals surface area contributed by atoms with Gasteiger partial charge in [-0.2, -0.15) is 14.0 Å². The second kappa shape index (κ2) is 7.47. The zero-order valence-corrected chi connectivity index (χ0v) is 10.9. The molecule has 0 N–H and O–H groups in total. The highest BCUT2D eigenvalue weighted by molar-refractivity contribution is 5.75. The Balaban J connectivity index is 3.36. The predicted molar refractivity (Wildman–Crippen MR) is 63.1 cm³/mol. The zero-order chi connectivity index (χ0) is 16.0. The second-order valence-electron chi connectivity index (χ2n) is 3.78. The van der Waals surface area contributed by atoms with Crippen molar-refractivity contribution in [3.05, 3.63) is 28.8 Å². The summed E-state index contributed by atoms with van der Waals surface area (Å²) in [6.45, 7) is -1.73. The highest BCUT2D eigenvalue weighted by atomic mass is 19.3. The molecule has 0 saturated heterocycles. The summed E-state index contributed by atoms with van der Waals surface area (Å²) in [5, 5.41) is 8.81. The van der Waals surface area contributed by atoms with Gasteiger partial charge in [-0.1, -0.05) is 0 Å². The van der Waals surface area contributed by atoms with Crippen LogP contribution in [0, 0.1) is 11.3 Å². The molecule has 0 amide bonds. The van der Waals surface area contributed by atoms with Crippen molar-refractivity contribution < 1.29 is 31.8 Å². The Bertz CT molecular complexity index is 555. The van der Waals surface area contributed by atoms with Crippen LogP contribution in [0.5, 0.6) is 5.75 Å². The maximum absolute atomic E-state index is 13.1. The van der Waals surface area contributed by atoms with E-state index < -0.39 is 47.9 Å². The maximum Gasteiger partial charge on any atom is 0.387 e. The van der Waals surface area contributed by atoms with Gasteiger partial charge in [-0.15, -0.1) is 0 Å². The van der Waals surface area contributed by atoms with Gasteiger partial charge in [-0.3, -0.25) is 4.79 Å². The standard InChI is InChI=1S/C13H11F4NO3/c1-2-20-10(19)5-8-9(21-13(16)17)4-3-7(6-18)11(8)12(14)15/h3-4,12-13H,2,5H2,1H3. The number of ether oxygens (including phenoxy) is 2. The Labute approximate surface area is 117 Å². The number of hydrogen-bond acceptors (Lipinski definition) is 4. The number of benzene rings is 1. The molecule has 0 atom stereocenters. The Morgan fingerprint density at radius 1 is 1.33 bits per heavy atom. The number of nitriles is 1. The first-order chi connectivity index (χ1) is 9.90. The molecule has 0 unspecified atom stereocenters. The van der Waals surface area contributed by atoms with Crippen molar-refractivity contribution in [3.8, 4) is 11.8 Å². The van der Waals surface area contributed by atoms with Crippen molar-refractivity contribution in [3.63, 3.8) is 0 Å². The van der Waals surface area contributed by atoms with Crippen molar-refractivity contribution in [2.24, 2.45) is 0 Å². The van der Waals surface area contributed by atoms with E-state index in [1.54, 1.807) is 0 Å². The quantitative estimate of drug-likeness (QED) is 0.598. The number of halogens is 4. The summed E-state index contributed by atoms with van der Waals surface area (Å²) in [5.41, 5.74) is -1.68. The van der Waals surface area contributed by atoms with Crippen molar-refractivity contribution >= 4 is 5.97 Å². The van der Waals surface area contributed by atoms with Crippen molar-refractivity contribution in [1.82, 2.24) is 0 Å². The number of rotatable bonds is 6. The van der Waals surface area contributed by atoms with Crippen LogP contribution in [0.4, 0.5) is 17.6 Å². The molecule has 0 radical (unpaired) electrons. The SMILES string of the molecule is CCOC(=O)Cc1c(OC(F)F)ccc(C#N)c1C(F)F. The van der Waals surface area contributed by atoms with Gasteiger partial charge in [0.1, 0.15) is 5.75 Å². The van der Waals surface area contributed by atoms with E-state index >= 15 is 0 Å². The van der Waals surface area contributed by atoms with E-state index in [9.17, 15) is 22.4 Å². The molecule has 1 aromatic carbocycles. The van der Waals surface area contributed by atoms with E-state index in [-0.39, 0.29) is 6.61 Å². The van der Waals surface area contributed by atoms with Crippen LogP contribution in [0.2, 0.25) is 0 Å². The topological polar surface area (TPSA) is 59.3 Å². The van der Waals surface area contributed by atoms with Gasteiger partial charge < -0.3 is 9.47 Å². The molecule has 1 aromatic rings. The number of nitrogens with zero attached hydrogens (tertiary/aromatic N) is 1. The number of carbonyl (C=O) groups excluding carboxylic acids is 1. The molecule has 0 aliphatic rings. The molecule has 0 saturated carbocycles. The summed E-state index contributed by atoms with van der Waals surface area (Å²) in [7, 11) is 0. The minimum Gasteiger partial charge on any atom is -0.466 e. The lowest BCUT2D eigenvalue weighted by atomic mass is 9.98. The molecule has 0 spiro atoms. The first-order valence-corrected chi connectivity index (χ1v) is 5.85. The monoisotopic (exact) mass is 305 g/mol. The third-order valence-corrected chi connectivity index (χ3v) is 2.50. The third kappa shape index (κ3) is 4.34. The molecule has 114 valence electrons. The molecule has 0 aliphatic heterocycles. The average Bonchev–Trinajstić information content (AvgIpc) is 2.39. The Morgan fingerprint density at radius 2 is 2.00 bits per heavy atom. The van der Waals surface area contributed by atoms with E-state index in [1.165, 1.54) is 13.0 Å². The molecule has 0 aliphatic carbocycles. The normalized spacial score (nSPS) is 10.6. The fourth-order valence-electron chi connectivity index (χ4n) is 1.74. The number of carbonyl (C=O) groups is 1. The summed E-state index contributed by atoms with van der Waals surface area (Å²) in [6, 6.07) is 3.42. The molecule has 4 nitrogen and oxygen atoms in total. The van der Waals surface area contributed by atoms with Gasteiger partial charge in [0, 0.05) is 11.1 Å². The zero-order valence-electron chi connectivity index (χ0n) is 10.9. The summed E-state index contributed by atoms with van der Waals surface area (Å²) in [4.78, 5) is 11.4. The van der Waals surface area contributed by atoms with Gasteiger partial charge in [0.05, 0.1) is 24.7 Å². The van der Waals surface area contributed by atoms with E-state index in [2.05, 4.69) is 9.47 Å².